The van der Waals surface area contributed by atoms with Crippen LogP contribution in [0.3, 0.4) is 0 Å². The first kappa shape index (κ1) is 22.5. The second kappa shape index (κ2) is 11.3. The van der Waals surface area contributed by atoms with Crippen molar-refractivity contribution in [2.75, 3.05) is 20.8 Å². The molecular weight excluding hydrogens is 346 g/mol. The first-order valence-electron chi connectivity index (χ1n) is 9.28. The maximum atomic E-state index is 12.4. The third-order valence-corrected chi connectivity index (χ3v) is 4.16. The number of aliphatic carboxylic acids is 1. The van der Waals surface area contributed by atoms with Gasteiger partial charge in [-0.2, -0.15) is 0 Å². The van der Waals surface area contributed by atoms with Crippen LogP contribution in [0.4, 0.5) is 0 Å². The van der Waals surface area contributed by atoms with Gasteiger partial charge in [-0.3, -0.25) is 4.79 Å². The van der Waals surface area contributed by atoms with Crippen molar-refractivity contribution in [3.05, 3.63) is 29.8 Å². The van der Waals surface area contributed by atoms with Crippen LogP contribution in [-0.2, 0) is 9.59 Å². The normalized spacial score (nSPS) is 12.2. The lowest BCUT2D eigenvalue weighted by atomic mass is 10.0. The van der Waals surface area contributed by atoms with Gasteiger partial charge in [0, 0.05) is 13.1 Å². The van der Waals surface area contributed by atoms with Gasteiger partial charge in [0.2, 0.25) is 5.91 Å². The van der Waals surface area contributed by atoms with Crippen LogP contribution in [0.1, 0.15) is 45.6 Å². The Bertz CT molecular complexity index is 654. The molecule has 1 amide bonds. The van der Waals surface area contributed by atoms with Gasteiger partial charge in [0.05, 0.1) is 13.7 Å². The highest BCUT2D eigenvalue weighted by atomic mass is 16.5. The highest BCUT2D eigenvalue weighted by Crippen LogP contribution is 2.28. The Hall–Kier alpha value is -2.50. The topological polar surface area (TPSA) is 76.1 Å². The van der Waals surface area contributed by atoms with Crippen molar-refractivity contribution in [3.8, 4) is 11.5 Å². The van der Waals surface area contributed by atoms with Crippen LogP contribution in [0.5, 0.6) is 11.5 Å². The number of nitrogens with zero attached hydrogens (tertiary/aromatic N) is 1. The second-order valence-corrected chi connectivity index (χ2v) is 6.88. The van der Waals surface area contributed by atoms with Crippen molar-refractivity contribution >= 4 is 18.0 Å². The molecule has 0 aliphatic heterocycles. The number of rotatable bonds is 11. The third-order valence-electron chi connectivity index (χ3n) is 4.16. The summed E-state index contributed by atoms with van der Waals surface area (Å²) in [4.78, 5) is 25.1. The largest absolute Gasteiger partial charge is 0.493 e. The van der Waals surface area contributed by atoms with Crippen LogP contribution in [0.25, 0.3) is 6.08 Å². The van der Waals surface area contributed by atoms with Gasteiger partial charge in [-0.1, -0.05) is 33.3 Å². The molecule has 0 aromatic heterocycles. The molecule has 0 bridgehead atoms. The number of carboxylic acid groups (broad SMARTS) is 1. The SMILES string of the molecule is CCCCOc1ccc(C=CC(=O)N(C)[C@@H](CC(C)C)C(=O)O)cc1OC. The molecule has 150 valence electrons. The number of carbonyl (C=O) groups is 2. The number of unbranched alkanes of at least 4 members (excludes halogenated alkanes) is 1. The number of likely N-dealkylation sites (N-methyl/N-ethyl adjacent to an activating group) is 1. The average molecular weight is 377 g/mol. The van der Waals surface area contributed by atoms with Crippen LogP contribution < -0.4 is 9.47 Å². The van der Waals surface area contributed by atoms with Gasteiger partial charge < -0.3 is 19.5 Å². The monoisotopic (exact) mass is 377 g/mol. The van der Waals surface area contributed by atoms with Crippen LogP contribution in [0.15, 0.2) is 24.3 Å². The number of amides is 1. The highest BCUT2D eigenvalue weighted by molar-refractivity contribution is 5.94. The molecule has 1 rings (SSSR count). The van der Waals surface area contributed by atoms with E-state index < -0.39 is 12.0 Å². The van der Waals surface area contributed by atoms with Gasteiger partial charge in [-0.15, -0.1) is 0 Å². The number of hydrogen-bond donors (Lipinski definition) is 1. The fraction of sp³-hybridized carbons (Fsp3) is 0.524. The van der Waals surface area contributed by atoms with E-state index in [9.17, 15) is 14.7 Å². The number of carbonyl (C=O) groups excluding carboxylic acids is 1. The van der Waals surface area contributed by atoms with Crippen molar-refractivity contribution < 1.29 is 24.2 Å². The van der Waals surface area contributed by atoms with Crippen molar-refractivity contribution in [2.24, 2.45) is 5.92 Å². The van der Waals surface area contributed by atoms with E-state index in [4.69, 9.17) is 9.47 Å². The molecule has 1 aromatic carbocycles. The summed E-state index contributed by atoms with van der Waals surface area (Å²) >= 11 is 0. The van der Waals surface area contributed by atoms with Crippen LogP contribution in [0, 0.1) is 5.92 Å². The van der Waals surface area contributed by atoms with Crippen molar-refractivity contribution in [2.45, 2.75) is 46.1 Å². The van der Waals surface area contributed by atoms with Crippen molar-refractivity contribution in [1.82, 2.24) is 4.90 Å². The third kappa shape index (κ3) is 7.33. The van der Waals surface area contributed by atoms with E-state index in [1.54, 1.807) is 25.3 Å². The molecule has 0 heterocycles. The molecule has 0 fully saturated rings. The molecule has 0 radical (unpaired) electrons. The summed E-state index contributed by atoms with van der Waals surface area (Å²) in [6.45, 7) is 6.58. The molecule has 0 aliphatic rings. The molecule has 0 spiro atoms. The zero-order valence-corrected chi connectivity index (χ0v) is 16.9. The smallest absolute Gasteiger partial charge is 0.326 e. The average Bonchev–Trinajstić information content (AvgIpc) is 2.64. The fourth-order valence-corrected chi connectivity index (χ4v) is 2.54. The van der Waals surface area contributed by atoms with E-state index in [-0.39, 0.29) is 11.8 Å². The Morgan fingerprint density at radius 3 is 2.52 bits per heavy atom. The summed E-state index contributed by atoms with van der Waals surface area (Å²) in [5.74, 6) is 0.0787. The van der Waals surface area contributed by atoms with E-state index in [0.717, 1.165) is 18.4 Å². The number of methoxy groups -OCH3 is 1. The first-order valence-corrected chi connectivity index (χ1v) is 9.28. The molecule has 6 nitrogen and oxygen atoms in total. The van der Waals surface area contributed by atoms with Crippen LogP contribution >= 0.6 is 0 Å². The number of benzene rings is 1. The van der Waals surface area contributed by atoms with Crippen molar-refractivity contribution in [3.63, 3.8) is 0 Å². The first-order chi connectivity index (χ1) is 12.8. The van der Waals surface area contributed by atoms with Crippen LogP contribution in [-0.4, -0.2) is 48.7 Å². The number of carboxylic acids is 1. The van der Waals surface area contributed by atoms with Gasteiger partial charge >= 0.3 is 5.97 Å². The fourth-order valence-electron chi connectivity index (χ4n) is 2.54. The molecule has 6 heteroatoms. The zero-order chi connectivity index (χ0) is 20.4. The van der Waals surface area contributed by atoms with Crippen LogP contribution in [0.2, 0.25) is 0 Å². The van der Waals surface area contributed by atoms with E-state index >= 15 is 0 Å². The Morgan fingerprint density at radius 1 is 1.26 bits per heavy atom. The maximum Gasteiger partial charge on any atom is 0.326 e. The molecular formula is C21H31NO5. The van der Waals surface area contributed by atoms with Gasteiger partial charge in [-0.25, -0.2) is 4.79 Å². The van der Waals surface area contributed by atoms with E-state index in [0.29, 0.717) is 24.5 Å². The summed E-state index contributed by atoms with van der Waals surface area (Å²) < 4.78 is 11.0. The van der Waals surface area contributed by atoms with Gasteiger partial charge in [0.1, 0.15) is 6.04 Å². The quantitative estimate of drug-likeness (QED) is 0.468. The van der Waals surface area contributed by atoms with E-state index in [2.05, 4.69) is 6.92 Å². The minimum Gasteiger partial charge on any atom is -0.493 e. The van der Waals surface area contributed by atoms with Gasteiger partial charge in [0.15, 0.2) is 11.5 Å². The van der Waals surface area contributed by atoms with Gasteiger partial charge in [0.25, 0.3) is 0 Å². The molecule has 0 aliphatic carbocycles. The summed E-state index contributed by atoms with van der Waals surface area (Å²) in [6.07, 6.45) is 5.44. The van der Waals surface area contributed by atoms with Crippen molar-refractivity contribution in [1.29, 1.82) is 0 Å². The predicted molar refractivity (Wildman–Crippen MR) is 106 cm³/mol. The maximum absolute atomic E-state index is 12.4. The number of ether oxygens (including phenoxy) is 2. The minimum atomic E-state index is -0.997. The van der Waals surface area contributed by atoms with E-state index in [1.165, 1.54) is 18.0 Å². The highest BCUT2D eigenvalue weighted by Gasteiger charge is 2.26. The second-order valence-electron chi connectivity index (χ2n) is 6.88. The van der Waals surface area contributed by atoms with Gasteiger partial charge in [-0.05, 0) is 42.5 Å². The molecule has 0 saturated carbocycles. The summed E-state index contributed by atoms with van der Waals surface area (Å²) in [6, 6.07) is 4.58. The van der Waals surface area contributed by atoms with E-state index in [1.807, 2.05) is 19.9 Å². The molecule has 1 N–H and O–H groups in total. The Morgan fingerprint density at radius 2 is 1.96 bits per heavy atom. The molecule has 0 saturated heterocycles. The summed E-state index contributed by atoms with van der Waals surface area (Å²) in [5, 5.41) is 9.37. The lowest BCUT2D eigenvalue weighted by Gasteiger charge is -2.25. The lowest BCUT2D eigenvalue weighted by molar-refractivity contribution is -0.148. The lowest BCUT2D eigenvalue weighted by Crippen LogP contribution is -2.42. The molecule has 27 heavy (non-hydrogen) atoms. The Kier molecular flexibility index (Phi) is 9.40. The Labute approximate surface area is 161 Å². The summed E-state index contributed by atoms with van der Waals surface area (Å²) in [7, 11) is 3.08. The molecule has 0 unspecified atom stereocenters. The molecule has 1 aromatic rings. The Balaban J connectivity index is 2.85. The minimum absolute atomic E-state index is 0.176. The zero-order valence-electron chi connectivity index (χ0n) is 16.9. The molecule has 1 atom stereocenters. The number of hydrogen-bond acceptors (Lipinski definition) is 4. The summed E-state index contributed by atoms with van der Waals surface area (Å²) in [5.41, 5.74) is 0.771. The predicted octanol–water partition coefficient (Wildman–Crippen LogP) is 3.85. The standard InChI is InChI=1S/C21H31NO5/c1-6-7-12-27-18-10-8-16(14-19(18)26-5)9-11-20(23)22(4)17(21(24)25)13-15(2)3/h8-11,14-15,17H,6-7,12-13H2,1-5H3,(H,24,25)/t17-/m0/s1.